The van der Waals surface area contributed by atoms with Gasteiger partial charge in [0.05, 0.1) is 13.2 Å². The lowest BCUT2D eigenvalue weighted by Crippen LogP contribution is -2.12. The molecule has 7 heteroatoms. The van der Waals surface area contributed by atoms with E-state index in [1.54, 1.807) is 25.1 Å². The maximum atomic E-state index is 12.6. The van der Waals surface area contributed by atoms with Crippen LogP contribution in [0.25, 0.3) is 17.2 Å². The number of halogens is 1. The zero-order valence-corrected chi connectivity index (χ0v) is 18.8. The summed E-state index contributed by atoms with van der Waals surface area (Å²) in [6.07, 6.45) is 3.09. The lowest BCUT2D eigenvalue weighted by Gasteiger charge is -2.08. The Kier molecular flexibility index (Phi) is 7.87. The molecule has 0 aliphatic rings. The van der Waals surface area contributed by atoms with E-state index in [0.29, 0.717) is 33.5 Å². The summed E-state index contributed by atoms with van der Waals surface area (Å²) in [5, 5.41) is 5.64. The highest BCUT2D eigenvalue weighted by atomic mass is 35.5. The fourth-order valence-corrected chi connectivity index (χ4v) is 4.01. The third kappa shape index (κ3) is 5.75. The molecule has 0 radical (unpaired) electrons. The number of benzene rings is 2. The predicted molar refractivity (Wildman–Crippen MR) is 126 cm³/mol. The molecule has 5 nitrogen and oxygen atoms in total. The number of nitrogens with one attached hydrogen (secondary N) is 1. The van der Waals surface area contributed by atoms with E-state index in [1.165, 1.54) is 17.4 Å². The van der Waals surface area contributed by atoms with Crippen LogP contribution in [-0.2, 0) is 9.53 Å². The standard InChI is InChI=1S/C24H22ClNO4S/c1-3-29-20-8-6-5-7-17(20)11-14-21(27)26-23-22(24(28)30-4-2)19(15-31-23)16-9-12-18(25)13-10-16/h5-15H,3-4H2,1-2H3,(H,26,27). The topological polar surface area (TPSA) is 64.6 Å². The summed E-state index contributed by atoms with van der Waals surface area (Å²) < 4.78 is 10.8. The quantitative estimate of drug-likeness (QED) is 0.320. The molecule has 1 N–H and O–H groups in total. The second kappa shape index (κ2) is 10.8. The smallest absolute Gasteiger partial charge is 0.341 e. The van der Waals surface area contributed by atoms with E-state index >= 15 is 0 Å². The van der Waals surface area contributed by atoms with Crippen LogP contribution in [-0.4, -0.2) is 25.1 Å². The van der Waals surface area contributed by atoms with Crippen molar-refractivity contribution in [2.45, 2.75) is 13.8 Å². The average Bonchev–Trinajstić information content (AvgIpc) is 3.17. The second-order valence-electron chi connectivity index (χ2n) is 6.37. The Morgan fingerprint density at radius 1 is 1.06 bits per heavy atom. The fraction of sp³-hybridized carbons (Fsp3) is 0.167. The Morgan fingerprint density at radius 2 is 1.81 bits per heavy atom. The van der Waals surface area contributed by atoms with Crippen molar-refractivity contribution in [1.82, 2.24) is 0 Å². The van der Waals surface area contributed by atoms with Gasteiger partial charge in [0.1, 0.15) is 16.3 Å². The highest BCUT2D eigenvalue weighted by Gasteiger charge is 2.22. The highest BCUT2D eigenvalue weighted by molar-refractivity contribution is 7.15. The molecule has 1 aromatic heterocycles. The number of anilines is 1. The molecule has 0 atom stereocenters. The summed E-state index contributed by atoms with van der Waals surface area (Å²) >= 11 is 7.25. The molecule has 1 amide bonds. The number of ether oxygens (including phenoxy) is 2. The van der Waals surface area contributed by atoms with Crippen LogP contribution in [0.4, 0.5) is 5.00 Å². The van der Waals surface area contributed by atoms with Gasteiger partial charge in [0.2, 0.25) is 5.91 Å². The fourth-order valence-electron chi connectivity index (χ4n) is 2.92. The molecule has 0 saturated heterocycles. The molecule has 0 bridgehead atoms. The lowest BCUT2D eigenvalue weighted by molar-refractivity contribution is -0.111. The molecule has 1 heterocycles. The SMILES string of the molecule is CCOC(=O)c1c(-c2ccc(Cl)cc2)csc1NC(=O)C=Cc1ccccc1OCC. The van der Waals surface area contributed by atoms with E-state index in [4.69, 9.17) is 21.1 Å². The molecule has 31 heavy (non-hydrogen) atoms. The van der Waals surface area contributed by atoms with Crippen LogP contribution < -0.4 is 10.1 Å². The Bertz CT molecular complexity index is 1090. The molecule has 0 aliphatic carbocycles. The number of esters is 1. The van der Waals surface area contributed by atoms with Crippen molar-refractivity contribution in [3.8, 4) is 16.9 Å². The Hall–Kier alpha value is -3.09. The van der Waals surface area contributed by atoms with E-state index in [2.05, 4.69) is 5.32 Å². The average molecular weight is 456 g/mol. The highest BCUT2D eigenvalue weighted by Crippen LogP contribution is 2.36. The minimum atomic E-state index is -0.491. The van der Waals surface area contributed by atoms with Crippen molar-refractivity contribution >= 4 is 45.9 Å². The van der Waals surface area contributed by atoms with Crippen molar-refractivity contribution in [2.24, 2.45) is 0 Å². The van der Waals surface area contributed by atoms with Crippen LogP contribution in [0, 0.1) is 0 Å². The maximum Gasteiger partial charge on any atom is 0.341 e. The third-order valence-corrected chi connectivity index (χ3v) is 5.44. The van der Waals surface area contributed by atoms with Gasteiger partial charge in [0.15, 0.2) is 0 Å². The third-order valence-electron chi connectivity index (χ3n) is 4.30. The molecule has 3 rings (SSSR count). The number of para-hydroxylation sites is 1. The number of carbonyl (C=O) groups excluding carboxylic acids is 2. The predicted octanol–water partition coefficient (Wildman–Crippen LogP) is 6.30. The van der Waals surface area contributed by atoms with E-state index in [1.807, 2.05) is 48.7 Å². The van der Waals surface area contributed by atoms with Gasteiger partial charge in [-0.3, -0.25) is 4.79 Å². The van der Waals surface area contributed by atoms with Crippen molar-refractivity contribution < 1.29 is 19.1 Å². The first-order chi connectivity index (χ1) is 15.0. The monoisotopic (exact) mass is 455 g/mol. The van der Waals surface area contributed by atoms with Crippen molar-refractivity contribution in [1.29, 1.82) is 0 Å². The van der Waals surface area contributed by atoms with Crippen LogP contribution in [0.3, 0.4) is 0 Å². The molecule has 0 unspecified atom stereocenters. The van der Waals surface area contributed by atoms with E-state index in [-0.39, 0.29) is 12.5 Å². The molecular formula is C24H22ClNO4S. The lowest BCUT2D eigenvalue weighted by atomic mass is 10.0. The van der Waals surface area contributed by atoms with Crippen LogP contribution in [0.15, 0.2) is 60.0 Å². The number of amides is 1. The zero-order chi connectivity index (χ0) is 22.2. The Balaban J connectivity index is 1.86. The summed E-state index contributed by atoms with van der Waals surface area (Å²) in [5.74, 6) is -0.154. The van der Waals surface area contributed by atoms with Crippen molar-refractivity contribution in [3.05, 3.63) is 76.1 Å². The summed E-state index contributed by atoms with van der Waals surface area (Å²) in [4.78, 5) is 25.2. The van der Waals surface area contributed by atoms with Gasteiger partial charge in [0, 0.05) is 27.6 Å². The molecule has 0 aliphatic heterocycles. The summed E-state index contributed by atoms with van der Waals surface area (Å²) in [7, 11) is 0. The first kappa shape index (κ1) is 22.6. The van der Waals surface area contributed by atoms with Crippen molar-refractivity contribution in [3.63, 3.8) is 0 Å². The number of thiophene rings is 1. The Labute approximate surface area is 190 Å². The molecule has 0 fully saturated rings. The van der Waals surface area contributed by atoms with Crippen LogP contribution >= 0.6 is 22.9 Å². The van der Waals surface area contributed by atoms with Gasteiger partial charge in [-0.1, -0.05) is 41.9 Å². The number of hydrogen-bond donors (Lipinski definition) is 1. The molecule has 0 spiro atoms. The van der Waals surface area contributed by atoms with Gasteiger partial charge >= 0.3 is 5.97 Å². The second-order valence-corrected chi connectivity index (χ2v) is 7.69. The normalized spacial score (nSPS) is 10.8. The Morgan fingerprint density at radius 3 is 2.52 bits per heavy atom. The van der Waals surface area contributed by atoms with Gasteiger partial charge < -0.3 is 14.8 Å². The minimum Gasteiger partial charge on any atom is -0.493 e. The minimum absolute atomic E-state index is 0.232. The summed E-state index contributed by atoms with van der Waals surface area (Å²) in [6.45, 7) is 4.40. The largest absolute Gasteiger partial charge is 0.493 e. The van der Waals surface area contributed by atoms with Gasteiger partial charge in [-0.05, 0) is 43.7 Å². The molecule has 2 aromatic carbocycles. The van der Waals surface area contributed by atoms with Gasteiger partial charge in [-0.25, -0.2) is 4.79 Å². The van der Waals surface area contributed by atoms with Gasteiger partial charge in [0.25, 0.3) is 0 Å². The van der Waals surface area contributed by atoms with Crippen LogP contribution in [0.1, 0.15) is 29.8 Å². The number of carbonyl (C=O) groups is 2. The number of hydrogen-bond acceptors (Lipinski definition) is 5. The summed E-state index contributed by atoms with van der Waals surface area (Å²) in [5.41, 5.74) is 2.61. The van der Waals surface area contributed by atoms with Crippen molar-refractivity contribution in [2.75, 3.05) is 18.5 Å². The first-order valence-electron chi connectivity index (χ1n) is 9.78. The first-order valence-corrected chi connectivity index (χ1v) is 11.0. The number of rotatable bonds is 8. The molecular weight excluding hydrogens is 434 g/mol. The molecule has 3 aromatic rings. The van der Waals surface area contributed by atoms with Crippen LogP contribution in [0.5, 0.6) is 5.75 Å². The van der Waals surface area contributed by atoms with E-state index < -0.39 is 5.97 Å². The summed E-state index contributed by atoms with van der Waals surface area (Å²) in [6, 6.07) is 14.6. The van der Waals surface area contributed by atoms with Gasteiger partial charge in [-0.2, -0.15) is 0 Å². The molecule has 160 valence electrons. The van der Waals surface area contributed by atoms with E-state index in [9.17, 15) is 9.59 Å². The van der Waals surface area contributed by atoms with E-state index in [0.717, 1.165) is 11.1 Å². The van der Waals surface area contributed by atoms with Gasteiger partial charge in [-0.15, -0.1) is 11.3 Å². The molecule has 0 saturated carbocycles. The maximum absolute atomic E-state index is 12.6. The van der Waals surface area contributed by atoms with Crippen LogP contribution in [0.2, 0.25) is 5.02 Å². The zero-order valence-electron chi connectivity index (χ0n) is 17.2.